The summed E-state index contributed by atoms with van der Waals surface area (Å²) < 4.78 is 0. The molecular weight excluding hydrogens is 174 g/mol. The third kappa shape index (κ3) is 1.70. The molecule has 2 rings (SSSR count). The van der Waals surface area contributed by atoms with Gasteiger partial charge in [-0.05, 0) is 5.92 Å². The Bertz CT molecular complexity index is 331. The molecule has 0 unspecified atom stereocenters. The molecule has 0 aliphatic carbocycles. The molecule has 1 N–H and O–H groups in total. The number of Topliss-reactive ketones (excluding diaryl/α,β-unsaturated/α-hetero) is 1. The molecule has 1 aromatic carbocycles. The summed E-state index contributed by atoms with van der Waals surface area (Å²) in [5.74, 6) is 0.761. The van der Waals surface area contributed by atoms with E-state index in [-0.39, 0.29) is 11.8 Å². The van der Waals surface area contributed by atoms with Crippen molar-refractivity contribution < 1.29 is 4.79 Å². The van der Waals surface area contributed by atoms with E-state index >= 15 is 0 Å². The first kappa shape index (κ1) is 9.41. The molecule has 0 radical (unpaired) electrons. The van der Waals surface area contributed by atoms with Crippen LogP contribution in [0.25, 0.3) is 0 Å². The van der Waals surface area contributed by atoms with Crippen LogP contribution in [0.3, 0.4) is 0 Å². The molecule has 2 heteroatoms. The summed E-state index contributed by atoms with van der Waals surface area (Å²) in [6.45, 7) is 4.27. The zero-order chi connectivity index (χ0) is 10.1. The Labute approximate surface area is 84.3 Å². The summed E-state index contributed by atoms with van der Waals surface area (Å²) in [5.41, 5.74) is 0.813. The zero-order valence-electron chi connectivity index (χ0n) is 8.53. The monoisotopic (exact) mass is 189 g/mol. The van der Waals surface area contributed by atoms with Crippen LogP contribution in [0.4, 0.5) is 0 Å². The molecular formula is C12H15NO. The molecule has 74 valence electrons. The lowest BCUT2D eigenvalue weighted by Crippen LogP contribution is -2.13. The van der Waals surface area contributed by atoms with Gasteiger partial charge in [-0.2, -0.15) is 0 Å². The van der Waals surface area contributed by atoms with Crippen LogP contribution < -0.4 is 5.32 Å². The van der Waals surface area contributed by atoms with Gasteiger partial charge in [0.2, 0.25) is 0 Å². The van der Waals surface area contributed by atoms with Crippen LogP contribution >= 0.6 is 0 Å². The molecule has 0 amide bonds. The topological polar surface area (TPSA) is 39.0 Å². The Hall–Kier alpha value is -1.15. The highest BCUT2D eigenvalue weighted by Crippen LogP contribution is 2.23. The molecule has 2 nitrogen and oxygen atoms in total. The average Bonchev–Trinajstić information content (AvgIpc) is 2.97. The van der Waals surface area contributed by atoms with Crippen molar-refractivity contribution in [3.05, 3.63) is 35.9 Å². The first-order valence-corrected chi connectivity index (χ1v) is 5.05. The molecule has 2 atom stereocenters. The quantitative estimate of drug-likeness (QED) is 0.582. The highest BCUT2D eigenvalue weighted by molar-refractivity contribution is 6.02. The Kier molecular flexibility index (Phi) is 2.38. The van der Waals surface area contributed by atoms with Crippen LogP contribution in [-0.2, 0) is 0 Å². The van der Waals surface area contributed by atoms with Gasteiger partial charge in [0.1, 0.15) is 0 Å². The molecule has 1 aliphatic heterocycles. The normalized spacial score (nSPS) is 25.1. The highest BCUT2D eigenvalue weighted by atomic mass is 16.1. The minimum atomic E-state index is 0.0531. The molecule has 0 aromatic heterocycles. The molecule has 0 saturated carbocycles. The summed E-state index contributed by atoms with van der Waals surface area (Å²) >= 11 is 0. The largest absolute Gasteiger partial charge is 0.301 e. The lowest BCUT2D eigenvalue weighted by atomic mass is 10.0. The van der Waals surface area contributed by atoms with Crippen LogP contribution in [0.5, 0.6) is 0 Å². The summed E-state index contributed by atoms with van der Waals surface area (Å²) in [6.07, 6.45) is 0. The van der Waals surface area contributed by atoms with Crippen molar-refractivity contribution in [2.45, 2.75) is 25.9 Å². The molecule has 14 heavy (non-hydrogen) atoms. The Balaban J connectivity index is 2.05. The van der Waals surface area contributed by atoms with Gasteiger partial charge in [-0.15, -0.1) is 0 Å². The van der Waals surface area contributed by atoms with E-state index in [9.17, 15) is 4.79 Å². The van der Waals surface area contributed by atoms with Gasteiger partial charge in [0.15, 0.2) is 5.78 Å². The van der Waals surface area contributed by atoms with E-state index in [1.807, 2.05) is 30.3 Å². The first-order valence-electron chi connectivity index (χ1n) is 5.05. The van der Waals surface area contributed by atoms with E-state index in [0.29, 0.717) is 12.0 Å². The SMILES string of the molecule is CC(C)[C@H]1N[C@@H]1C(=O)c1ccccc1. The van der Waals surface area contributed by atoms with Crippen molar-refractivity contribution in [3.8, 4) is 0 Å². The van der Waals surface area contributed by atoms with Gasteiger partial charge in [0, 0.05) is 11.6 Å². The fourth-order valence-electron chi connectivity index (χ4n) is 1.75. The fraction of sp³-hybridized carbons (Fsp3) is 0.417. The number of hydrogen-bond donors (Lipinski definition) is 1. The van der Waals surface area contributed by atoms with Crippen LogP contribution in [0.15, 0.2) is 30.3 Å². The second kappa shape index (κ2) is 3.54. The van der Waals surface area contributed by atoms with Crippen molar-refractivity contribution in [1.82, 2.24) is 5.32 Å². The van der Waals surface area contributed by atoms with E-state index in [1.165, 1.54) is 0 Å². The van der Waals surface area contributed by atoms with Crippen molar-refractivity contribution >= 4 is 5.78 Å². The van der Waals surface area contributed by atoms with Crippen LogP contribution in [-0.4, -0.2) is 17.9 Å². The average molecular weight is 189 g/mol. The Morgan fingerprint density at radius 1 is 1.29 bits per heavy atom. The summed E-state index contributed by atoms with van der Waals surface area (Å²) in [5, 5.41) is 3.22. The minimum Gasteiger partial charge on any atom is -0.301 e. The van der Waals surface area contributed by atoms with Gasteiger partial charge < -0.3 is 5.32 Å². The number of hydrogen-bond acceptors (Lipinski definition) is 2. The molecule has 0 bridgehead atoms. The third-order valence-electron chi connectivity index (χ3n) is 2.68. The van der Waals surface area contributed by atoms with Crippen LogP contribution in [0.2, 0.25) is 0 Å². The second-order valence-corrected chi connectivity index (χ2v) is 4.14. The standard InChI is InChI=1S/C12H15NO/c1-8(2)10-11(13-10)12(14)9-6-4-3-5-7-9/h3-8,10-11,13H,1-2H3/t10-,11+/m1/s1. The first-order chi connectivity index (χ1) is 6.70. The number of benzene rings is 1. The number of rotatable bonds is 3. The van der Waals surface area contributed by atoms with Crippen molar-refractivity contribution in [2.75, 3.05) is 0 Å². The molecule has 1 fully saturated rings. The Morgan fingerprint density at radius 2 is 1.93 bits per heavy atom. The van der Waals surface area contributed by atoms with Crippen LogP contribution in [0, 0.1) is 5.92 Å². The lowest BCUT2D eigenvalue weighted by Gasteiger charge is -2.00. The van der Waals surface area contributed by atoms with E-state index in [1.54, 1.807) is 0 Å². The molecule has 1 heterocycles. The fourth-order valence-corrected chi connectivity index (χ4v) is 1.75. The highest BCUT2D eigenvalue weighted by Gasteiger charge is 2.43. The van der Waals surface area contributed by atoms with Gasteiger partial charge in [-0.1, -0.05) is 44.2 Å². The maximum atomic E-state index is 11.9. The van der Waals surface area contributed by atoms with Crippen molar-refractivity contribution in [3.63, 3.8) is 0 Å². The summed E-state index contributed by atoms with van der Waals surface area (Å²) in [6, 6.07) is 9.91. The summed E-state index contributed by atoms with van der Waals surface area (Å²) in [4.78, 5) is 11.9. The number of ketones is 1. The smallest absolute Gasteiger partial charge is 0.181 e. The maximum absolute atomic E-state index is 11.9. The Morgan fingerprint density at radius 3 is 2.43 bits per heavy atom. The van der Waals surface area contributed by atoms with Gasteiger partial charge in [0.05, 0.1) is 6.04 Å². The van der Waals surface area contributed by atoms with Crippen molar-refractivity contribution in [1.29, 1.82) is 0 Å². The molecule has 0 spiro atoms. The van der Waals surface area contributed by atoms with Gasteiger partial charge in [-0.3, -0.25) is 4.79 Å². The van der Waals surface area contributed by atoms with Gasteiger partial charge in [-0.25, -0.2) is 0 Å². The van der Waals surface area contributed by atoms with Gasteiger partial charge >= 0.3 is 0 Å². The van der Waals surface area contributed by atoms with E-state index in [4.69, 9.17) is 0 Å². The maximum Gasteiger partial charge on any atom is 0.181 e. The molecule has 1 saturated heterocycles. The minimum absolute atomic E-state index is 0.0531. The number of carbonyl (C=O) groups is 1. The van der Waals surface area contributed by atoms with E-state index in [0.717, 1.165) is 5.56 Å². The predicted molar refractivity (Wildman–Crippen MR) is 56.3 cm³/mol. The molecule has 1 aromatic rings. The number of nitrogens with one attached hydrogen (secondary N) is 1. The number of carbonyl (C=O) groups excluding carboxylic acids is 1. The van der Waals surface area contributed by atoms with Gasteiger partial charge in [0.25, 0.3) is 0 Å². The second-order valence-electron chi connectivity index (χ2n) is 4.14. The van der Waals surface area contributed by atoms with Crippen molar-refractivity contribution in [2.24, 2.45) is 5.92 Å². The zero-order valence-corrected chi connectivity index (χ0v) is 8.53. The van der Waals surface area contributed by atoms with Crippen LogP contribution in [0.1, 0.15) is 24.2 Å². The summed E-state index contributed by atoms with van der Waals surface area (Å²) in [7, 11) is 0. The van der Waals surface area contributed by atoms with E-state index < -0.39 is 0 Å². The lowest BCUT2D eigenvalue weighted by molar-refractivity contribution is 0.0986. The predicted octanol–water partition coefficient (Wildman–Crippen LogP) is 1.87. The van der Waals surface area contributed by atoms with E-state index in [2.05, 4.69) is 19.2 Å². The third-order valence-corrected chi connectivity index (χ3v) is 2.68. The molecule has 1 aliphatic rings.